The van der Waals surface area contributed by atoms with Crippen LogP contribution in [0.5, 0.6) is 0 Å². The van der Waals surface area contributed by atoms with Crippen molar-refractivity contribution in [1.29, 1.82) is 0 Å². The molecule has 0 spiro atoms. The predicted octanol–water partition coefficient (Wildman–Crippen LogP) is 2.28. The molecule has 0 saturated carbocycles. The normalized spacial score (nSPS) is 10.1. The van der Waals surface area contributed by atoms with Gasteiger partial charge in [-0.25, -0.2) is 9.97 Å². The summed E-state index contributed by atoms with van der Waals surface area (Å²) in [6, 6.07) is 3.15. The van der Waals surface area contributed by atoms with Gasteiger partial charge < -0.3 is 4.42 Å². The van der Waals surface area contributed by atoms with Crippen LogP contribution in [0.1, 0.15) is 16.1 Å². The molecule has 0 radical (unpaired) electrons. The summed E-state index contributed by atoms with van der Waals surface area (Å²) in [5, 5.41) is 2.78. The van der Waals surface area contributed by atoms with Gasteiger partial charge in [0.1, 0.15) is 17.2 Å². The summed E-state index contributed by atoms with van der Waals surface area (Å²) in [6.45, 7) is 1.76. The van der Waals surface area contributed by atoms with E-state index in [1.807, 2.05) is 0 Å². The van der Waals surface area contributed by atoms with E-state index in [4.69, 9.17) is 16.0 Å². The smallest absolute Gasteiger partial charge is 0.261 e. The lowest BCUT2D eigenvalue weighted by Crippen LogP contribution is -2.13. The first-order valence-electron chi connectivity index (χ1n) is 4.50. The minimum absolute atomic E-state index is 0.163. The van der Waals surface area contributed by atoms with Gasteiger partial charge >= 0.3 is 0 Å². The van der Waals surface area contributed by atoms with Crippen molar-refractivity contribution in [3.05, 3.63) is 41.1 Å². The highest BCUT2D eigenvalue weighted by Gasteiger charge is 2.10. The Bertz CT molecular complexity index is 524. The zero-order valence-electron chi connectivity index (χ0n) is 8.40. The van der Waals surface area contributed by atoms with Crippen molar-refractivity contribution in [2.75, 3.05) is 5.32 Å². The maximum Gasteiger partial charge on any atom is 0.261 e. The molecule has 2 heterocycles. The summed E-state index contributed by atoms with van der Waals surface area (Å²) >= 11 is 5.66. The third kappa shape index (κ3) is 2.38. The van der Waals surface area contributed by atoms with E-state index in [-0.39, 0.29) is 17.0 Å². The molecule has 5 nitrogen and oxygen atoms in total. The van der Waals surface area contributed by atoms with Gasteiger partial charge in [-0.15, -0.1) is 0 Å². The lowest BCUT2D eigenvalue weighted by molar-refractivity contribution is 0.102. The van der Waals surface area contributed by atoms with Crippen LogP contribution in [0.2, 0.25) is 5.15 Å². The Morgan fingerprint density at radius 1 is 1.56 bits per heavy atom. The number of anilines is 1. The van der Waals surface area contributed by atoms with E-state index in [0.29, 0.717) is 11.3 Å². The SMILES string of the molecule is Cc1cc(C(=O)Nc2nccc(Cl)n2)co1. The summed E-state index contributed by atoms with van der Waals surface area (Å²) in [4.78, 5) is 19.3. The van der Waals surface area contributed by atoms with Gasteiger partial charge in [0.15, 0.2) is 0 Å². The number of amides is 1. The molecule has 0 aliphatic rings. The van der Waals surface area contributed by atoms with Crippen LogP contribution in [0.4, 0.5) is 5.95 Å². The fourth-order valence-electron chi connectivity index (χ4n) is 1.13. The minimum atomic E-state index is -0.334. The van der Waals surface area contributed by atoms with Gasteiger partial charge in [-0.1, -0.05) is 11.6 Å². The third-order valence-corrected chi connectivity index (χ3v) is 2.05. The summed E-state index contributed by atoms with van der Waals surface area (Å²) in [5.41, 5.74) is 0.418. The molecule has 0 aliphatic carbocycles. The fraction of sp³-hybridized carbons (Fsp3) is 0.100. The number of halogens is 1. The van der Waals surface area contributed by atoms with Crippen molar-refractivity contribution in [2.24, 2.45) is 0 Å². The van der Waals surface area contributed by atoms with Crippen LogP contribution in [0.25, 0.3) is 0 Å². The standard InChI is InChI=1S/C10H8ClN3O2/c1-6-4-7(5-16-6)9(15)14-10-12-3-2-8(11)13-10/h2-5H,1H3,(H,12,13,14,15). The van der Waals surface area contributed by atoms with E-state index >= 15 is 0 Å². The molecular weight excluding hydrogens is 230 g/mol. The van der Waals surface area contributed by atoms with Crippen molar-refractivity contribution in [3.8, 4) is 0 Å². The van der Waals surface area contributed by atoms with E-state index in [9.17, 15) is 4.79 Å². The van der Waals surface area contributed by atoms with Crippen LogP contribution in [-0.2, 0) is 0 Å². The minimum Gasteiger partial charge on any atom is -0.469 e. The molecule has 0 saturated heterocycles. The first-order valence-corrected chi connectivity index (χ1v) is 4.88. The van der Waals surface area contributed by atoms with Crippen molar-refractivity contribution in [2.45, 2.75) is 6.92 Å². The Morgan fingerprint density at radius 3 is 3.00 bits per heavy atom. The van der Waals surface area contributed by atoms with E-state index in [2.05, 4.69) is 15.3 Å². The van der Waals surface area contributed by atoms with Gasteiger partial charge in [-0.2, -0.15) is 0 Å². The molecule has 2 aromatic rings. The lowest BCUT2D eigenvalue weighted by Gasteiger charge is -2.00. The molecule has 0 fully saturated rings. The van der Waals surface area contributed by atoms with E-state index < -0.39 is 0 Å². The Kier molecular flexibility index (Phi) is 2.87. The van der Waals surface area contributed by atoms with Crippen LogP contribution in [0.3, 0.4) is 0 Å². The van der Waals surface area contributed by atoms with Gasteiger partial charge in [0, 0.05) is 6.20 Å². The summed E-state index contributed by atoms with van der Waals surface area (Å²) < 4.78 is 5.02. The second-order valence-corrected chi connectivity index (χ2v) is 3.49. The van der Waals surface area contributed by atoms with Gasteiger partial charge in [0.05, 0.1) is 5.56 Å². The molecule has 2 aromatic heterocycles. The van der Waals surface area contributed by atoms with E-state index in [1.54, 1.807) is 13.0 Å². The fourth-order valence-corrected chi connectivity index (χ4v) is 1.27. The lowest BCUT2D eigenvalue weighted by atomic mass is 10.3. The average Bonchev–Trinajstić information content (AvgIpc) is 2.65. The molecule has 0 atom stereocenters. The maximum atomic E-state index is 11.6. The van der Waals surface area contributed by atoms with Gasteiger partial charge in [-0.05, 0) is 19.1 Å². The summed E-state index contributed by atoms with van der Waals surface area (Å²) in [6.07, 6.45) is 2.83. The van der Waals surface area contributed by atoms with Crippen LogP contribution in [0.15, 0.2) is 29.0 Å². The average molecular weight is 238 g/mol. The van der Waals surface area contributed by atoms with E-state index in [0.717, 1.165) is 0 Å². The molecule has 0 aliphatic heterocycles. The molecule has 1 amide bonds. The molecule has 0 aromatic carbocycles. The Balaban J connectivity index is 2.13. The maximum absolute atomic E-state index is 11.6. The molecule has 1 N–H and O–H groups in total. The Hall–Kier alpha value is -1.88. The summed E-state index contributed by atoms with van der Waals surface area (Å²) in [7, 11) is 0. The number of carbonyl (C=O) groups excluding carboxylic acids is 1. The largest absolute Gasteiger partial charge is 0.469 e. The van der Waals surface area contributed by atoms with Gasteiger partial charge in [0.2, 0.25) is 5.95 Å². The zero-order chi connectivity index (χ0) is 11.5. The van der Waals surface area contributed by atoms with Crippen molar-refractivity contribution in [3.63, 3.8) is 0 Å². The molecule has 2 rings (SSSR count). The van der Waals surface area contributed by atoms with Crippen LogP contribution >= 0.6 is 11.6 Å². The second kappa shape index (κ2) is 4.32. The highest BCUT2D eigenvalue weighted by atomic mass is 35.5. The topological polar surface area (TPSA) is 68.0 Å². The number of nitrogens with one attached hydrogen (secondary N) is 1. The highest BCUT2D eigenvalue weighted by Crippen LogP contribution is 2.10. The molecule has 82 valence electrons. The molecular formula is C10H8ClN3O2. The van der Waals surface area contributed by atoms with Gasteiger partial charge in [-0.3, -0.25) is 10.1 Å². The van der Waals surface area contributed by atoms with Crippen molar-refractivity contribution >= 4 is 23.5 Å². The third-order valence-electron chi connectivity index (χ3n) is 1.84. The van der Waals surface area contributed by atoms with Crippen molar-refractivity contribution in [1.82, 2.24) is 9.97 Å². The summed E-state index contributed by atoms with van der Waals surface area (Å²) in [5.74, 6) is 0.493. The monoisotopic (exact) mass is 237 g/mol. The highest BCUT2D eigenvalue weighted by molar-refractivity contribution is 6.29. The van der Waals surface area contributed by atoms with Crippen molar-refractivity contribution < 1.29 is 9.21 Å². The van der Waals surface area contributed by atoms with Crippen LogP contribution in [0, 0.1) is 6.92 Å². The molecule has 6 heteroatoms. The number of carbonyl (C=O) groups is 1. The molecule has 16 heavy (non-hydrogen) atoms. The quantitative estimate of drug-likeness (QED) is 0.814. The second-order valence-electron chi connectivity index (χ2n) is 3.10. The van der Waals surface area contributed by atoms with Gasteiger partial charge in [0.25, 0.3) is 5.91 Å². The molecule has 0 unspecified atom stereocenters. The number of hydrogen-bond donors (Lipinski definition) is 1. The predicted molar refractivity (Wildman–Crippen MR) is 58.4 cm³/mol. The number of furan rings is 1. The zero-order valence-corrected chi connectivity index (χ0v) is 9.15. The number of rotatable bonds is 2. The number of aryl methyl sites for hydroxylation is 1. The Morgan fingerprint density at radius 2 is 2.38 bits per heavy atom. The van der Waals surface area contributed by atoms with Crippen LogP contribution in [-0.4, -0.2) is 15.9 Å². The van der Waals surface area contributed by atoms with E-state index in [1.165, 1.54) is 18.5 Å². The number of aromatic nitrogens is 2. The first kappa shape index (κ1) is 10.6. The Labute approximate surface area is 96.5 Å². The van der Waals surface area contributed by atoms with Crippen LogP contribution < -0.4 is 5.32 Å². The first-order chi connectivity index (χ1) is 7.65. The molecule has 0 bridgehead atoms. The number of hydrogen-bond acceptors (Lipinski definition) is 4. The number of nitrogens with zero attached hydrogens (tertiary/aromatic N) is 2.